The summed E-state index contributed by atoms with van der Waals surface area (Å²) in [7, 11) is 0. The maximum Gasteiger partial charge on any atom is 0.331 e. The van der Waals surface area contributed by atoms with Crippen LogP contribution in [0, 0.1) is 0 Å². The molecule has 0 aliphatic heterocycles. The summed E-state index contributed by atoms with van der Waals surface area (Å²) in [6.45, 7) is 3.02. The predicted molar refractivity (Wildman–Crippen MR) is 40.1 cm³/mol. The molecular weight excluding hydrogens is 146 g/mol. The fourth-order valence-electron chi connectivity index (χ4n) is 0.606. The molecule has 0 saturated carbocycles. The second kappa shape index (κ2) is 3.48. The number of aliphatic carboxylic acids is 1. The lowest BCUT2D eigenvalue weighted by molar-refractivity contribution is -0.147. The van der Waals surface area contributed by atoms with Gasteiger partial charge in [-0.2, -0.15) is 0 Å². The molecule has 0 rings (SSSR count). The molecule has 11 heavy (non-hydrogen) atoms. The summed E-state index contributed by atoms with van der Waals surface area (Å²) in [6, 6.07) is 0. The minimum atomic E-state index is -1.71. The van der Waals surface area contributed by atoms with Crippen molar-refractivity contribution in [1.82, 2.24) is 0 Å². The fraction of sp³-hybridized carbons (Fsp3) is 0.714. The summed E-state index contributed by atoms with van der Waals surface area (Å²) >= 11 is 0. The van der Waals surface area contributed by atoms with Crippen molar-refractivity contribution in [2.45, 2.75) is 32.2 Å². The van der Waals surface area contributed by atoms with Crippen LogP contribution in [0.1, 0.15) is 26.7 Å². The summed E-state index contributed by atoms with van der Waals surface area (Å²) in [5.41, 5.74) is 3.53. The van der Waals surface area contributed by atoms with E-state index in [9.17, 15) is 9.59 Å². The number of carbonyl (C=O) groups is 2. The van der Waals surface area contributed by atoms with Crippen LogP contribution in [-0.2, 0) is 9.59 Å². The van der Waals surface area contributed by atoms with Crippen LogP contribution >= 0.6 is 0 Å². The third-order valence-electron chi connectivity index (χ3n) is 1.50. The summed E-state index contributed by atoms with van der Waals surface area (Å²) < 4.78 is 0. The summed E-state index contributed by atoms with van der Waals surface area (Å²) in [5, 5.41) is 8.49. The highest BCUT2D eigenvalue weighted by molar-refractivity contribution is 6.06. The Morgan fingerprint density at radius 3 is 2.27 bits per heavy atom. The second-order valence-corrected chi connectivity index (χ2v) is 2.68. The van der Waals surface area contributed by atoms with Crippen LogP contribution in [0.2, 0.25) is 0 Å². The van der Waals surface area contributed by atoms with E-state index in [-0.39, 0.29) is 6.42 Å². The van der Waals surface area contributed by atoms with Crippen molar-refractivity contribution >= 4 is 11.8 Å². The van der Waals surface area contributed by atoms with E-state index >= 15 is 0 Å². The minimum Gasteiger partial charge on any atom is -0.480 e. The molecule has 0 aliphatic carbocycles. The molecule has 1 atom stereocenters. The van der Waals surface area contributed by atoms with E-state index in [0.717, 1.165) is 0 Å². The van der Waals surface area contributed by atoms with Crippen molar-refractivity contribution in [2.75, 3.05) is 0 Å². The zero-order valence-corrected chi connectivity index (χ0v) is 6.76. The highest BCUT2D eigenvalue weighted by Gasteiger charge is 2.35. The third kappa shape index (κ3) is 2.31. The first-order valence-electron chi connectivity index (χ1n) is 3.48. The van der Waals surface area contributed by atoms with Gasteiger partial charge in [0.05, 0.1) is 0 Å². The van der Waals surface area contributed by atoms with Crippen LogP contribution in [0.4, 0.5) is 0 Å². The summed E-state index contributed by atoms with van der Waals surface area (Å²) in [6.07, 6.45) is 0.845. The number of nitrogens with two attached hydrogens (primary N) is 1. The molecule has 64 valence electrons. The molecule has 0 aliphatic rings. The van der Waals surface area contributed by atoms with Crippen molar-refractivity contribution < 1.29 is 14.7 Å². The molecule has 4 heteroatoms. The molecule has 0 aromatic carbocycles. The van der Waals surface area contributed by atoms with Crippen molar-refractivity contribution in [2.24, 2.45) is 5.73 Å². The number of Topliss-reactive ketones (excluding diaryl/α,β-unsaturated/α-hetero) is 1. The number of hydrogen-bond acceptors (Lipinski definition) is 3. The van der Waals surface area contributed by atoms with Gasteiger partial charge in [-0.15, -0.1) is 0 Å². The molecule has 0 fully saturated rings. The van der Waals surface area contributed by atoms with Crippen LogP contribution in [0.15, 0.2) is 0 Å². The monoisotopic (exact) mass is 159 g/mol. The van der Waals surface area contributed by atoms with E-state index in [4.69, 9.17) is 10.8 Å². The Hall–Kier alpha value is -0.900. The third-order valence-corrected chi connectivity index (χ3v) is 1.50. The lowest BCUT2D eigenvalue weighted by Crippen LogP contribution is -2.52. The molecule has 3 N–H and O–H groups in total. The van der Waals surface area contributed by atoms with Gasteiger partial charge >= 0.3 is 5.97 Å². The second-order valence-electron chi connectivity index (χ2n) is 2.68. The standard InChI is InChI=1S/C7H13NO3/c1-3-4-5(9)7(2,8)6(10)11/h3-4,8H2,1-2H3,(H,10,11)/t7-/m1/s1. The minimum absolute atomic E-state index is 0.222. The summed E-state index contributed by atoms with van der Waals surface area (Å²) in [4.78, 5) is 21.4. The number of rotatable bonds is 4. The van der Waals surface area contributed by atoms with Crippen molar-refractivity contribution in [3.05, 3.63) is 0 Å². The fourth-order valence-corrected chi connectivity index (χ4v) is 0.606. The first-order valence-corrected chi connectivity index (χ1v) is 3.48. The van der Waals surface area contributed by atoms with Crippen molar-refractivity contribution in [1.29, 1.82) is 0 Å². The lowest BCUT2D eigenvalue weighted by atomic mass is 9.95. The largest absolute Gasteiger partial charge is 0.480 e. The maximum absolute atomic E-state index is 11.0. The molecule has 0 bridgehead atoms. The van der Waals surface area contributed by atoms with Crippen LogP contribution < -0.4 is 5.73 Å². The number of carboxylic acid groups (broad SMARTS) is 1. The Morgan fingerprint density at radius 2 is 2.00 bits per heavy atom. The average molecular weight is 159 g/mol. The molecule has 0 aromatic heterocycles. The van der Waals surface area contributed by atoms with Gasteiger partial charge in [0.2, 0.25) is 0 Å². The molecule has 0 unspecified atom stereocenters. The molecule has 0 saturated heterocycles. The lowest BCUT2D eigenvalue weighted by Gasteiger charge is -2.16. The van der Waals surface area contributed by atoms with Crippen molar-refractivity contribution in [3.63, 3.8) is 0 Å². The molecule has 0 amide bonds. The quantitative estimate of drug-likeness (QED) is 0.572. The molecular formula is C7H13NO3. The Balaban J connectivity index is 4.30. The van der Waals surface area contributed by atoms with Gasteiger partial charge in [0.1, 0.15) is 0 Å². The van der Waals surface area contributed by atoms with Gasteiger partial charge in [-0.1, -0.05) is 6.92 Å². The van der Waals surface area contributed by atoms with Gasteiger partial charge in [0.25, 0.3) is 0 Å². The maximum atomic E-state index is 11.0. The molecule has 0 aromatic rings. The first-order chi connectivity index (χ1) is 4.92. The number of carbonyl (C=O) groups excluding carboxylic acids is 1. The number of ketones is 1. The van der Waals surface area contributed by atoms with E-state index in [0.29, 0.717) is 6.42 Å². The molecule has 0 radical (unpaired) electrons. The van der Waals surface area contributed by atoms with Crippen LogP contribution in [0.25, 0.3) is 0 Å². The van der Waals surface area contributed by atoms with E-state index in [2.05, 4.69) is 0 Å². The van der Waals surface area contributed by atoms with Gasteiger partial charge in [-0.25, -0.2) is 4.79 Å². The Kier molecular flexibility index (Phi) is 3.19. The molecule has 4 nitrogen and oxygen atoms in total. The van der Waals surface area contributed by atoms with Crippen LogP contribution in [0.3, 0.4) is 0 Å². The van der Waals surface area contributed by atoms with Gasteiger partial charge in [0.15, 0.2) is 11.3 Å². The highest BCUT2D eigenvalue weighted by Crippen LogP contribution is 2.05. The number of carboxylic acids is 1. The Bertz CT molecular complexity index is 175. The van der Waals surface area contributed by atoms with E-state index in [1.807, 2.05) is 0 Å². The normalized spacial score (nSPS) is 15.5. The molecule has 0 heterocycles. The highest BCUT2D eigenvalue weighted by atomic mass is 16.4. The van der Waals surface area contributed by atoms with E-state index < -0.39 is 17.3 Å². The average Bonchev–Trinajstić information content (AvgIpc) is 1.88. The van der Waals surface area contributed by atoms with Gasteiger partial charge in [-0.3, -0.25) is 4.79 Å². The van der Waals surface area contributed by atoms with E-state index in [1.54, 1.807) is 6.92 Å². The first kappa shape index (κ1) is 10.1. The Labute approximate surface area is 65.4 Å². The van der Waals surface area contributed by atoms with Gasteiger partial charge in [-0.05, 0) is 13.3 Å². The zero-order valence-electron chi connectivity index (χ0n) is 6.76. The topological polar surface area (TPSA) is 80.4 Å². The molecule has 0 spiro atoms. The van der Waals surface area contributed by atoms with Crippen molar-refractivity contribution in [3.8, 4) is 0 Å². The summed E-state index contributed by atoms with van der Waals surface area (Å²) in [5.74, 6) is -1.69. The van der Waals surface area contributed by atoms with E-state index in [1.165, 1.54) is 6.92 Å². The smallest absolute Gasteiger partial charge is 0.331 e. The zero-order chi connectivity index (χ0) is 9.07. The predicted octanol–water partition coefficient (Wildman–Crippen LogP) is 0.158. The van der Waals surface area contributed by atoms with Gasteiger partial charge in [0, 0.05) is 6.42 Å². The SMILES string of the molecule is CCCC(=O)[C@@](C)(N)C(=O)O. The van der Waals surface area contributed by atoms with Crippen LogP contribution in [-0.4, -0.2) is 22.4 Å². The number of hydrogen-bond donors (Lipinski definition) is 2. The van der Waals surface area contributed by atoms with Crippen LogP contribution in [0.5, 0.6) is 0 Å². The van der Waals surface area contributed by atoms with Gasteiger partial charge < -0.3 is 10.8 Å². The Morgan fingerprint density at radius 1 is 1.55 bits per heavy atom.